The first-order valence-electron chi connectivity index (χ1n) is 12.6. The van der Waals surface area contributed by atoms with Crippen molar-refractivity contribution < 1.29 is 43.8 Å². The van der Waals surface area contributed by atoms with Crippen molar-refractivity contribution in [3.8, 4) is 0 Å². The molecule has 44 heavy (non-hydrogen) atoms. The average molecular weight is 662 g/mol. The molecule has 0 aliphatic carbocycles. The summed E-state index contributed by atoms with van der Waals surface area (Å²) < 4.78 is 0. The molecule has 4 aliphatic heterocycles. The lowest BCUT2D eigenvalue weighted by Crippen LogP contribution is -2.71. The maximum atomic E-state index is 13.2. The summed E-state index contributed by atoms with van der Waals surface area (Å²) >= 11 is 3.51. The molecule has 2 saturated heterocycles. The molecule has 5 heterocycles. The number of fused-ring (bicyclic) bond motifs is 2. The van der Waals surface area contributed by atoms with E-state index in [2.05, 4.69) is 33.9 Å². The number of hydrogen-bond acceptors (Lipinski definition) is 13. The Bertz CT molecular complexity index is 1620. The zero-order valence-corrected chi connectivity index (χ0v) is 24.9. The number of aromatic nitrogens is 1. The number of aliphatic carboxylic acids is 2. The van der Waals surface area contributed by atoms with Crippen LogP contribution in [0, 0.1) is 0 Å². The van der Waals surface area contributed by atoms with Crippen LogP contribution in [0.5, 0.6) is 0 Å². The predicted octanol–water partition coefficient (Wildman–Crippen LogP) is -0.705. The van der Waals surface area contributed by atoms with Crippen LogP contribution in [-0.4, -0.2) is 107 Å². The Balaban J connectivity index is 1.24. The van der Waals surface area contributed by atoms with Crippen LogP contribution < -0.4 is 16.4 Å². The number of amides is 4. The number of thiazole rings is 1. The van der Waals surface area contributed by atoms with Gasteiger partial charge in [0.25, 0.3) is 23.6 Å². The van der Waals surface area contributed by atoms with Crippen LogP contribution in [0.2, 0.25) is 0 Å². The largest absolute Gasteiger partial charge is 0.477 e. The molecule has 230 valence electrons. The number of carboxylic acids is 2. The zero-order valence-electron chi connectivity index (χ0n) is 22.4. The molecule has 5 rings (SSSR count). The molecule has 1 aromatic rings. The van der Waals surface area contributed by atoms with E-state index >= 15 is 0 Å². The van der Waals surface area contributed by atoms with Gasteiger partial charge in [-0.3, -0.25) is 29.0 Å². The van der Waals surface area contributed by atoms with Gasteiger partial charge in [-0.25, -0.2) is 14.6 Å². The van der Waals surface area contributed by atoms with E-state index in [-0.39, 0.29) is 33.7 Å². The second kappa shape index (κ2) is 12.2. The molecule has 16 nitrogen and oxygen atoms in total. The van der Waals surface area contributed by atoms with Gasteiger partial charge in [0.1, 0.15) is 39.9 Å². The summed E-state index contributed by atoms with van der Waals surface area (Å²) in [6.07, 6.45) is 2.74. The highest BCUT2D eigenvalue weighted by Gasteiger charge is 2.55. The van der Waals surface area contributed by atoms with Gasteiger partial charge < -0.3 is 31.4 Å². The molecule has 2 fully saturated rings. The van der Waals surface area contributed by atoms with Gasteiger partial charge in [0.05, 0.1) is 0 Å². The van der Waals surface area contributed by atoms with Crippen molar-refractivity contribution in [2.24, 2.45) is 5.16 Å². The normalized spacial score (nSPS) is 24.4. The van der Waals surface area contributed by atoms with Crippen LogP contribution >= 0.6 is 34.9 Å². The molecular formula is C25H23N7O9S3. The second-order valence-corrected chi connectivity index (χ2v) is 12.5. The summed E-state index contributed by atoms with van der Waals surface area (Å²) in [4.78, 5) is 86.1. The molecule has 4 aliphatic rings. The third-order valence-electron chi connectivity index (χ3n) is 6.83. The molecule has 0 aromatic carbocycles. The lowest BCUT2D eigenvalue weighted by atomic mass is 10.0. The van der Waals surface area contributed by atoms with E-state index in [0.29, 0.717) is 11.1 Å². The zero-order chi connectivity index (χ0) is 31.9. The van der Waals surface area contributed by atoms with E-state index < -0.39 is 70.7 Å². The van der Waals surface area contributed by atoms with E-state index in [1.165, 1.54) is 41.1 Å². The molecule has 0 bridgehead atoms. The van der Waals surface area contributed by atoms with Gasteiger partial charge in [-0.15, -0.1) is 34.9 Å². The maximum Gasteiger partial charge on any atom is 0.352 e. The van der Waals surface area contributed by atoms with Gasteiger partial charge in [-0.1, -0.05) is 30.5 Å². The molecule has 0 unspecified atom stereocenters. The number of nitrogens with zero attached hydrogens (tertiary/aromatic N) is 4. The minimum absolute atomic E-state index is 0.000160. The molecule has 4 atom stereocenters. The van der Waals surface area contributed by atoms with Gasteiger partial charge in [0.2, 0.25) is 0 Å². The van der Waals surface area contributed by atoms with Crippen molar-refractivity contribution in [3.05, 3.63) is 58.9 Å². The van der Waals surface area contributed by atoms with Gasteiger partial charge in [0, 0.05) is 16.9 Å². The molecule has 0 saturated carbocycles. The number of carbonyl (C=O) groups is 6. The lowest BCUT2D eigenvalue weighted by molar-refractivity contribution is -0.151. The molecule has 0 radical (unpaired) electrons. The number of anilines is 1. The summed E-state index contributed by atoms with van der Waals surface area (Å²) in [6.45, 7) is 6.45. The summed E-state index contributed by atoms with van der Waals surface area (Å²) in [7, 11) is 0. The first-order chi connectivity index (χ1) is 21.0. The van der Waals surface area contributed by atoms with Crippen molar-refractivity contribution in [2.45, 2.75) is 22.8 Å². The molecule has 4 amide bonds. The minimum Gasteiger partial charge on any atom is -0.477 e. The first-order valence-corrected chi connectivity index (χ1v) is 15.5. The van der Waals surface area contributed by atoms with E-state index in [1.807, 2.05) is 0 Å². The number of thioether (sulfide) groups is 2. The highest BCUT2D eigenvalue weighted by Crippen LogP contribution is 2.41. The van der Waals surface area contributed by atoms with Gasteiger partial charge in [-0.05, 0) is 11.1 Å². The fourth-order valence-electron chi connectivity index (χ4n) is 4.78. The number of hydrogen-bond donors (Lipinski definition) is 5. The first kappa shape index (κ1) is 30.8. The van der Waals surface area contributed by atoms with Crippen molar-refractivity contribution in [3.63, 3.8) is 0 Å². The molecule has 1 aromatic heterocycles. The van der Waals surface area contributed by atoms with Crippen molar-refractivity contribution in [1.29, 1.82) is 0 Å². The smallest absolute Gasteiger partial charge is 0.352 e. The van der Waals surface area contributed by atoms with Crippen molar-refractivity contribution >= 4 is 81.3 Å². The number of nitrogens with two attached hydrogens (primary N) is 1. The Morgan fingerprint density at radius 3 is 1.98 bits per heavy atom. The summed E-state index contributed by atoms with van der Waals surface area (Å²) in [5, 5.41) is 28.1. The molecule has 6 N–H and O–H groups in total. The van der Waals surface area contributed by atoms with Crippen LogP contribution in [-0.2, 0) is 33.6 Å². The molecule has 0 spiro atoms. The summed E-state index contributed by atoms with van der Waals surface area (Å²) in [5.41, 5.74) is 5.68. The number of nitrogens with one attached hydrogen (secondary N) is 2. The minimum atomic E-state index is -1.30. The van der Waals surface area contributed by atoms with Crippen molar-refractivity contribution in [1.82, 2.24) is 25.4 Å². The molecule has 19 heteroatoms. The van der Waals surface area contributed by atoms with Gasteiger partial charge in [-0.2, -0.15) is 0 Å². The third-order valence-corrected chi connectivity index (χ3v) is 10.1. The van der Waals surface area contributed by atoms with Gasteiger partial charge >= 0.3 is 11.9 Å². The number of rotatable bonds is 11. The number of β-lactam (4-membered cyclic amide) rings is 2. The Morgan fingerprint density at radius 2 is 1.52 bits per heavy atom. The summed E-state index contributed by atoms with van der Waals surface area (Å²) in [5.74, 6) is -4.96. The van der Waals surface area contributed by atoms with E-state index in [0.717, 1.165) is 21.1 Å². The summed E-state index contributed by atoms with van der Waals surface area (Å²) in [6, 6.07) is -2.08. The Morgan fingerprint density at radius 1 is 1.00 bits per heavy atom. The van der Waals surface area contributed by atoms with Crippen LogP contribution in [0.1, 0.15) is 5.69 Å². The van der Waals surface area contributed by atoms with E-state index in [4.69, 9.17) is 10.6 Å². The Kier molecular flexibility index (Phi) is 8.53. The third kappa shape index (κ3) is 5.33. The highest BCUT2D eigenvalue weighted by atomic mass is 32.2. The van der Waals surface area contributed by atoms with Crippen LogP contribution in [0.25, 0.3) is 0 Å². The number of oxime groups is 1. The lowest BCUT2D eigenvalue weighted by Gasteiger charge is -2.49. The Hall–Kier alpha value is -4.62. The number of carboxylic acid groups (broad SMARTS) is 2. The van der Waals surface area contributed by atoms with Crippen molar-refractivity contribution in [2.75, 3.05) is 23.8 Å². The number of nitrogen functional groups attached to an aromatic ring is 1. The van der Waals surface area contributed by atoms with E-state index in [1.54, 1.807) is 0 Å². The average Bonchev–Trinajstić information content (AvgIpc) is 3.44. The number of allylic oxidation sites excluding steroid dienone is 2. The topological polar surface area (TPSA) is 234 Å². The van der Waals surface area contributed by atoms with E-state index in [9.17, 15) is 39.0 Å². The SMILES string of the molecule is C=CC1=C(C(=O)O)N2C(=O)[C@@H](NC(=O)CO/N=C(\C(=O)N[C@@H]3C(=O)N4C(C(=O)O)=C(C=C)CS[C@H]34)c3csc(N)n3)[C@H]2SC1. The fraction of sp³-hybridized carbons (Fsp3) is 0.280. The highest BCUT2D eigenvalue weighted by molar-refractivity contribution is 8.00. The Labute approximate surface area is 260 Å². The van der Waals surface area contributed by atoms with Crippen LogP contribution in [0.4, 0.5) is 5.13 Å². The maximum absolute atomic E-state index is 13.2. The number of carbonyl (C=O) groups excluding carboxylic acids is 4. The monoisotopic (exact) mass is 661 g/mol. The predicted molar refractivity (Wildman–Crippen MR) is 159 cm³/mol. The van der Waals surface area contributed by atoms with Crippen LogP contribution in [0.3, 0.4) is 0 Å². The fourth-order valence-corrected chi connectivity index (χ4v) is 8.01. The van der Waals surface area contributed by atoms with Gasteiger partial charge in [0.15, 0.2) is 17.5 Å². The van der Waals surface area contributed by atoms with Crippen LogP contribution in [0.15, 0.2) is 58.4 Å². The molecular weight excluding hydrogens is 639 g/mol. The standard InChI is InChI=1S/C25H23N7O9S3/c1-3-9-6-42-21-14(19(35)31(21)16(9)23(37)38)28-12(33)5-41-30-13(11-8-44-25(26)27-11)18(34)29-15-20(36)32-17(24(39)40)10(4-2)7-43-22(15)32/h3-4,8,14-15,21-22H,1-2,5-7H2,(H2,26,27)(H,28,33)(H,29,34)(H,37,38)(H,39,40)/b30-13-/t14-,15-,21-,22-/m1/s1. The quantitative estimate of drug-likeness (QED) is 0.112. The second-order valence-electron chi connectivity index (χ2n) is 9.37.